The molecule has 2 unspecified atom stereocenters. The summed E-state index contributed by atoms with van der Waals surface area (Å²) < 4.78 is 0. The van der Waals surface area contributed by atoms with E-state index in [9.17, 15) is 14.7 Å². The number of amides is 1. The Morgan fingerprint density at radius 3 is 2.52 bits per heavy atom. The number of piperidine rings is 1. The molecule has 1 saturated heterocycles. The Morgan fingerprint density at radius 1 is 1.28 bits per heavy atom. The lowest BCUT2D eigenvalue weighted by atomic mass is 9.87. The second kappa shape index (κ2) is 10.8. The molecule has 1 aliphatic rings. The molecule has 0 aliphatic carbocycles. The molecule has 0 saturated carbocycles. The third-order valence-electron chi connectivity index (χ3n) is 5.46. The van der Waals surface area contributed by atoms with E-state index >= 15 is 0 Å². The van der Waals surface area contributed by atoms with E-state index in [1.807, 2.05) is 18.7 Å². The Hall–Kier alpha value is -1.08. The lowest BCUT2D eigenvalue weighted by molar-refractivity contribution is -0.144. The fraction of sp³-hybridized carbons (Fsp3) is 0.889. The van der Waals surface area contributed by atoms with Crippen LogP contribution in [-0.4, -0.2) is 72.9 Å². The molecule has 0 aromatic carbocycles. The highest BCUT2D eigenvalue weighted by atomic mass is 16.4. The first-order valence-electron chi connectivity index (χ1n) is 9.91. The average molecular weight is 353 g/mol. The van der Waals surface area contributed by atoms with Crippen LogP contribution >= 0.6 is 0 Å². The molecule has 6 nitrogen and oxygen atoms in total. The Balaban J connectivity index is 2.57. The van der Waals surface area contributed by atoms with Crippen molar-refractivity contribution in [2.24, 2.45) is 11.7 Å². The van der Waals surface area contributed by atoms with Crippen molar-refractivity contribution in [2.75, 3.05) is 32.7 Å². The van der Waals surface area contributed by atoms with Crippen LogP contribution in [-0.2, 0) is 9.59 Å². The number of carboxylic acids is 1. The zero-order valence-electron chi connectivity index (χ0n) is 16.3. The average Bonchev–Trinajstić information content (AvgIpc) is 2.61. The molecule has 1 amide bonds. The predicted molar refractivity (Wildman–Crippen MR) is 103 cm³/mol. The lowest BCUT2D eigenvalue weighted by Crippen LogP contribution is -2.51. The summed E-state index contributed by atoms with van der Waals surface area (Å²) in [5.74, 6) is -0.642. The molecule has 144 valence electrons. The van der Waals surface area contributed by atoms with Gasteiger partial charge < -0.3 is 20.6 Å². The van der Waals surface area contributed by atoms with E-state index in [1.54, 1.807) is 0 Å². The van der Waals surface area contributed by atoms with E-state index in [2.05, 4.69) is 12.7 Å². The molecule has 0 aromatic heterocycles. The third-order valence-corrected chi connectivity index (χ3v) is 5.46. The number of unbranched alkanes of at least 4 members (excludes halogenated alkanes) is 1. The van der Waals surface area contributed by atoms with Crippen LogP contribution in [0.5, 0.6) is 0 Å². The number of hydrogen-bond donors (Lipinski definition) is 2. The molecular weight excluding hydrogens is 317 g/mol. The Bertz CT molecular complexity index is 432. The molecule has 0 spiro atoms. The second-order valence-electron chi connectivity index (χ2n) is 7.32. The minimum absolute atomic E-state index is 0.0331. The summed E-state index contributed by atoms with van der Waals surface area (Å²) in [4.78, 5) is 28.3. The monoisotopic (exact) mass is 353 g/mol. The van der Waals surface area contributed by atoms with Crippen LogP contribution in [0.3, 0.4) is 0 Å². The molecule has 1 fully saturated rings. The Morgan fingerprint density at radius 2 is 1.96 bits per heavy atom. The number of hydrogen-bond acceptors (Lipinski definition) is 4. The minimum Gasteiger partial charge on any atom is -0.480 e. The number of carbonyl (C=O) groups is 2. The Kier molecular flexibility index (Phi) is 9.50. The summed E-state index contributed by atoms with van der Waals surface area (Å²) in [6.07, 6.45) is 5.78. The van der Waals surface area contributed by atoms with Gasteiger partial charge in [-0.15, -0.1) is 0 Å². The molecule has 0 bridgehead atoms. The molecule has 3 N–H and O–H groups in total. The maximum absolute atomic E-state index is 12.6. The van der Waals surface area contributed by atoms with Crippen molar-refractivity contribution in [2.45, 2.75) is 64.2 Å². The summed E-state index contributed by atoms with van der Waals surface area (Å²) in [7, 11) is 2.10. The molecule has 1 aliphatic heterocycles. The molecule has 25 heavy (non-hydrogen) atoms. The molecule has 7 heteroatoms. The summed E-state index contributed by atoms with van der Waals surface area (Å²) in [6.45, 7) is 7.80. The smallest absolute Gasteiger partial charge is 0.323 e. The van der Waals surface area contributed by atoms with Gasteiger partial charge in [0.1, 0.15) is 13.4 Å². The van der Waals surface area contributed by atoms with E-state index in [0.29, 0.717) is 19.4 Å². The Labute approximate surface area is 153 Å². The van der Waals surface area contributed by atoms with Crippen molar-refractivity contribution in [1.29, 1.82) is 0 Å². The van der Waals surface area contributed by atoms with Crippen LogP contribution in [0.2, 0.25) is 6.32 Å². The van der Waals surface area contributed by atoms with E-state index in [-0.39, 0.29) is 11.8 Å². The maximum Gasteiger partial charge on any atom is 0.323 e. The van der Waals surface area contributed by atoms with Gasteiger partial charge in [-0.2, -0.15) is 0 Å². The number of carbonyl (C=O) groups excluding carboxylic acids is 1. The lowest BCUT2D eigenvalue weighted by Gasteiger charge is -2.36. The highest BCUT2D eigenvalue weighted by Gasteiger charge is 2.35. The normalized spacial score (nSPS) is 20.8. The number of rotatable bonds is 11. The maximum atomic E-state index is 12.6. The van der Waals surface area contributed by atoms with E-state index in [4.69, 9.17) is 5.73 Å². The quantitative estimate of drug-likeness (QED) is 0.427. The fourth-order valence-electron chi connectivity index (χ4n) is 3.64. The first-order chi connectivity index (χ1) is 11.9. The number of carboxylic acid groups (broad SMARTS) is 1. The number of aliphatic carboxylic acids is 1. The highest BCUT2D eigenvalue weighted by molar-refractivity contribution is 6.08. The van der Waals surface area contributed by atoms with Crippen LogP contribution in [0.25, 0.3) is 0 Å². The van der Waals surface area contributed by atoms with Crippen LogP contribution < -0.4 is 5.73 Å². The largest absolute Gasteiger partial charge is 0.480 e. The standard InChI is InChI=1S/C18H36BN3O3/c1-3-22(4-2)16(23)15-8-7-12-21(14-15)13-10-18(20,17(24)25)9-5-6-11-19/h15H,3-14,19-20H2,1-2H3,(H,24,25). The predicted octanol–water partition coefficient (Wildman–Crippen LogP) is 0.961. The van der Waals surface area contributed by atoms with Gasteiger partial charge in [0.15, 0.2) is 0 Å². The van der Waals surface area contributed by atoms with Crippen LogP contribution in [0.15, 0.2) is 0 Å². The van der Waals surface area contributed by atoms with Gasteiger partial charge in [-0.1, -0.05) is 19.2 Å². The van der Waals surface area contributed by atoms with Gasteiger partial charge in [0.2, 0.25) is 5.91 Å². The number of likely N-dealkylation sites (tertiary alicyclic amines) is 1. The molecule has 1 heterocycles. The van der Waals surface area contributed by atoms with Crippen molar-refractivity contribution < 1.29 is 14.7 Å². The first-order valence-corrected chi connectivity index (χ1v) is 9.91. The number of nitrogens with two attached hydrogens (primary N) is 1. The molecule has 0 radical (unpaired) electrons. The van der Waals surface area contributed by atoms with Crippen molar-refractivity contribution in [1.82, 2.24) is 9.80 Å². The van der Waals surface area contributed by atoms with E-state index in [1.165, 1.54) is 0 Å². The molecular formula is C18H36BN3O3. The minimum atomic E-state index is -1.15. The zero-order chi connectivity index (χ0) is 18.9. The third kappa shape index (κ3) is 6.62. The summed E-state index contributed by atoms with van der Waals surface area (Å²) in [6, 6.07) is 0. The van der Waals surface area contributed by atoms with Gasteiger partial charge in [0, 0.05) is 26.2 Å². The second-order valence-corrected chi connectivity index (χ2v) is 7.32. The van der Waals surface area contributed by atoms with Crippen molar-refractivity contribution >= 4 is 19.7 Å². The van der Waals surface area contributed by atoms with Crippen LogP contribution in [0.4, 0.5) is 0 Å². The molecule has 2 atom stereocenters. The van der Waals surface area contributed by atoms with Crippen LogP contribution in [0, 0.1) is 5.92 Å². The van der Waals surface area contributed by atoms with Crippen molar-refractivity contribution in [3.63, 3.8) is 0 Å². The summed E-state index contributed by atoms with van der Waals surface area (Å²) >= 11 is 0. The van der Waals surface area contributed by atoms with Gasteiger partial charge in [0.05, 0.1) is 5.92 Å². The highest BCUT2D eigenvalue weighted by Crippen LogP contribution is 2.22. The number of nitrogens with zero attached hydrogens (tertiary/aromatic N) is 2. The fourth-order valence-corrected chi connectivity index (χ4v) is 3.64. The summed E-state index contributed by atoms with van der Waals surface area (Å²) in [5, 5.41) is 9.53. The SMILES string of the molecule is BCCCCC(N)(CCN1CCCC(C(=O)N(CC)CC)C1)C(=O)O. The summed E-state index contributed by atoms with van der Waals surface area (Å²) in [5.41, 5.74) is 5.04. The van der Waals surface area contributed by atoms with Crippen molar-refractivity contribution in [3.8, 4) is 0 Å². The zero-order valence-corrected chi connectivity index (χ0v) is 16.3. The van der Waals surface area contributed by atoms with Gasteiger partial charge in [-0.25, -0.2) is 0 Å². The molecule has 1 rings (SSSR count). The van der Waals surface area contributed by atoms with Crippen LogP contribution in [0.1, 0.15) is 52.4 Å². The van der Waals surface area contributed by atoms with E-state index in [0.717, 1.165) is 58.2 Å². The van der Waals surface area contributed by atoms with E-state index < -0.39 is 11.5 Å². The van der Waals surface area contributed by atoms with Gasteiger partial charge in [0.25, 0.3) is 0 Å². The van der Waals surface area contributed by atoms with Crippen molar-refractivity contribution in [3.05, 3.63) is 0 Å². The van der Waals surface area contributed by atoms with Gasteiger partial charge in [-0.05, 0) is 46.1 Å². The topological polar surface area (TPSA) is 86.9 Å². The van der Waals surface area contributed by atoms with Gasteiger partial charge in [-0.3, -0.25) is 9.59 Å². The van der Waals surface area contributed by atoms with Gasteiger partial charge >= 0.3 is 5.97 Å². The molecule has 0 aromatic rings. The first kappa shape index (κ1) is 22.0.